The third kappa shape index (κ3) is 4.50. The zero-order valence-electron chi connectivity index (χ0n) is 17.3. The first-order valence-electron chi connectivity index (χ1n) is 10.2. The first-order valence-corrected chi connectivity index (χ1v) is 10.5. The fraction of sp³-hybridized carbons (Fsp3) is 0.304. The van der Waals surface area contributed by atoms with E-state index in [1.807, 2.05) is 35.0 Å². The number of nitrogens with zero attached hydrogens (tertiary/aromatic N) is 4. The third-order valence-electron chi connectivity index (χ3n) is 5.44. The van der Waals surface area contributed by atoms with Gasteiger partial charge in [-0.15, -0.1) is 0 Å². The zero-order valence-corrected chi connectivity index (χ0v) is 18.1. The van der Waals surface area contributed by atoms with Crippen LogP contribution in [0.3, 0.4) is 0 Å². The number of halogens is 1. The van der Waals surface area contributed by atoms with Gasteiger partial charge in [0, 0.05) is 36.9 Å². The van der Waals surface area contributed by atoms with Gasteiger partial charge < -0.3 is 10.2 Å². The van der Waals surface area contributed by atoms with E-state index < -0.39 is 0 Å². The SMILES string of the molecule is Cc1nn(-c2ccccc2)c(C)c1N1CCN(CC(=O)Nc2ccc(Cl)cc2)CC1. The van der Waals surface area contributed by atoms with Crippen molar-refractivity contribution >= 4 is 28.9 Å². The van der Waals surface area contributed by atoms with E-state index in [0.29, 0.717) is 11.6 Å². The van der Waals surface area contributed by atoms with Crippen LogP contribution in [0.2, 0.25) is 5.02 Å². The van der Waals surface area contributed by atoms with Crippen LogP contribution in [0.15, 0.2) is 54.6 Å². The number of hydrogen-bond donors (Lipinski definition) is 1. The average molecular weight is 424 g/mol. The molecule has 0 unspecified atom stereocenters. The molecule has 1 fully saturated rings. The Hall–Kier alpha value is -2.83. The molecule has 1 aromatic heterocycles. The standard InChI is InChI=1S/C23H26ClN5O/c1-17-23(18(2)29(26-17)21-6-4-3-5-7-21)28-14-12-27(13-15-28)16-22(30)25-20-10-8-19(24)9-11-20/h3-11H,12-16H2,1-2H3,(H,25,30). The Kier molecular flexibility index (Phi) is 6.06. The summed E-state index contributed by atoms with van der Waals surface area (Å²) >= 11 is 5.89. The molecule has 0 radical (unpaired) electrons. The van der Waals surface area contributed by atoms with Gasteiger partial charge in [0.2, 0.25) is 5.91 Å². The summed E-state index contributed by atoms with van der Waals surface area (Å²) in [6, 6.07) is 17.4. The summed E-state index contributed by atoms with van der Waals surface area (Å²) in [4.78, 5) is 16.9. The maximum Gasteiger partial charge on any atom is 0.238 e. The van der Waals surface area contributed by atoms with Gasteiger partial charge in [-0.05, 0) is 50.2 Å². The van der Waals surface area contributed by atoms with Crippen LogP contribution in [-0.2, 0) is 4.79 Å². The van der Waals surface area contributed by atoms with Crippen molar-refractivity contribution in [2.45, 2.75) is 13.8 Å². The second-order valence-corrected chi connectivity index (χ2v) is 8.02. The van der Waals surface area contributed by atoms with E-state index in [1.54, 1.807) is 12.1 Å². The minimum Gasteiger partial charge on any atom is -0.366 e. The quantitative estimate of drug-likeness (QED) is 0.676. The summed E-state index contributed by atoms with van der Waals surface area (Å²) in [7, 11) is 0. The summed E-state index contributed by atoms with van der Waals surface area (Å²) in [5.74, 6) is -0.00460. The van der Waals surface area contributed by atoms with E-state index in [-0.39, 0.29) is 5.91 Å². The number of hydrogen-bond acceptors (Lipinski definition) is 4. The zero-order chi connectivity index (χ0) is 21.1. The van der Waals surface area contributed by atoms with Crippen molar-refractivity contribution in [3.63, 3.8) is 0 Å². The Balaban J connectivity index is 1.36. The van der Waals surface area contributed by atoms with Crippen molar-refractivity contribution in [3.05, 3.63) is 71.0 Å². The summed E-state index contributed by atoms with van der Waals surface area (Å²) in [6.07, 6.45) is 0. The van der Waals surface area contributed by atoms with Gasteiger partial charge in [-0.2, -0.15) is 5.10 Å². The van der Waals surface area contributed by atoms with Gasteiger partial charge in [0.05, 0.1) is 29.3 Å². The molecule has 1 N–H and O–H groups in total. The van der Waals surface area contributed by atoms with Crippen molar-refractivity contribution in [1.82, 2.24) is 14.7 Å². The van der Waals surface area contributed by atoms with Gasteiger partial charge in [0.25, 0.3) is 0 Å². The predicted molar refractivity (Wildman–Crippen MR) is 122 cm³/mol. The van der Waals surface area contributed by atoms with Gasteiger partial charge in [-0.25, -0.2) is 4.68 Å². The molecule has 1 aliphatic heterocycles. The molecule has 2 heterocycles. The molecule has 30 heavy (non-hydrogen) atoms. The topological polar surface area (TPSA) is 53.4 Å². The van der Waals surface area contributed by atoms with Gasteiger partial charge >= 0.3 is 0 Å². The van der Waals surface area contributed by atoms with E-state index in [1.165, 1.54) is 5.69 Å². The summed E-state index contributed by atoms with van der Waals surface area (Å²) in [5, 5.41) is 8.35. The number of amides is 1. The molecule has 0 atom stereocenters. The largest absolute Gasteiger partial charge is 0.366 e. The number of nitrogens with one attached hydrogen (secondary N) is 1. The van der Waals surface area contributed by atoms with Gasteiger partial charge in [-0.3, -0.25) is 9.69 Å². The molecule has 0 bridgehead atoms. The van der Waals surface area contributed by atoms with Gasteiger partial charge in [0.15, 0.2) is 0 Å². The van der Waals surface area contributed by atoms with E-state index in [9.17, 15) is 4.79 Å². The number of aromatic nitrogens is 2. The summed E-state index contributed by atoms with van der Waals surface area (Å²) in [6.45, 7) is 7.99. The number of benzene rings is 2. The number of carbonyl (C=O) groups is 1. The molecule has 1 saturated heterocycles. The summed E-state index contributed by atoms with van der Waals surface area (Å²) in [5.41, 5.74) is 5.21. The molecule has 1 amide bonds. The monoisotopic (exact) mass is 423 g/mol. The highest BCUT2D eigenvalue weighted by Gasteiger charge is 2.24. The third-order valence-corrected chi connectivity index (χ3v) is 5.69. The smallest absolute Gasteiger partial charge is 0.238 e. The number of carbonyl (C=O) groups excluding carboxylic acids is 1. The second-order valence-electron chi connectivity index (χ2n) is 7.59. The number of rotatable bonds is 5. The molecule has 0 spiro atoms. The lowest BCUT2D eigenvalue weighted by atomic mass is 10.2. The van der Waals surface area contributed by atoms with E-state index in [4.69, 9.17) is 16.7 Å². The van der Waals surface area contributed by atoms with Crippen LogP contribution in [0.25, 0.3) is 5.69 Å². The minimum atomic E-state index is -0.00460. The molecule has 0 aliphatic carbocycles. The Morgan fingerprint density at radius 2 is 1.67 bits per heavy atom. The minimum absolute atomic E-state index is 0.00460. The molecule has 4 rings (SSSR count). The van der Waals surface area contributed by atoms with Crippen molar-refractivity contribution in [2.24, 2.45) is 0 Å². The van der Waals surface area contributed by atoms with Crippen LogP contribution in [0.4, 0.5) is 11.4 Å². The Labute approximate surface area is 182 Å². The molecule has 0 saturated carbocycles. The van der Waals surface area contributed by atoms with Crippen LogP contribution < -0.4 is 10.2 Å². The fourth-order valence-corrected chi connectivity index (χ4v) is 4.11. The molecule has 7 heteroatoms. The molecular weight excluding hydrogens is 398 g/mol. The Morgan fingerprint density at radius 1 is 1.00 bits per heavy atom. The first-order chi connectivity index (χ1) is 14.5. The number of para-hydroxylation sites is 1. The number of anilines is 2. The summed E-state index contributed by atoms with van der Waals surface area (Å²) < 4.78 is 2.01. The molecule has 3 aromatic rings. The predicted octanol–water partition coefficient (Wildman–Crippen LogP) is 3.90. The van der Waals surface area contributed by atoms with E-state index in [2.05, 4.69) is 41.1 Å². The van der Waals surface area contributed by atoms with Crippen molar-refractivity contribution in [2.75, 3.05) is 42.9 Å². The normalized spacial score (nSPS) is 14.7. The van der Waals surface area contributed by atoms with Crippen molar-refractivity contribution < 1.29 is 4.79 Å². The molecule has 2 aromatic carbocycles. The molecular formula is C23H26ClN5O. The molecule has 6 nitrogen and oxygen atoms in total. The Bertz CT molecular complexity index is 1010. The van der Waals surface area contributed by atoms with Crippen LogP contribution in [0.5, 0.6) is 0 Å². The maximum atomic E-state index is 12.4. The lowest BCUT2D eigenvalue weighted by Gasteiger charge is -2.35. The van der Waals surface area contributed by atoms with Crippen molar-refractivity contribution in [3.8, 4) is 5.69 Å². The first kappa shape index (κ1) is 20.4. The second kappa shape index (κ2) is 8.90. The highest BCUT2D eigenvalue weighted by molar-refractivity contribution is 6.30. The lowest BCUT2D eigenvalue weighted by molar-refractivity contribution is -0.117. The maximum absolute atomic E-state index is 12.4. The van der Waals surface area contributed by atoms with Gasteiger partial charge in [-0.1, -0.05) is 29.8 Å². The highest BCUT2D eigenvalue weighted by atomic mass is 35.5. The van der Waals surface area contributed by atoms with E-state index in [0.717, 1.165) is 48.9 Å². The number of aryl methyl sites for hydroxylation is 1. The highest BCUT2D eigenvalue weighted by Crippen LogP contribution is 2.27. The van der Waals surface area contributed by atoms with Crippen LogP contribution in [-0.4, -0.2) is 53.3 Å². The van der Waals surface area contributed by atoms with Gasteiger partial charge in [0.1, 0.15) is 0 Å². The molecule has 1 aliphatic rings. The lowest BCUT2D eigenvalue weighted by Crippen LogP contribution is -2.49. The van der Waals surface area contributed by atoms with Crippen LogP contribution >= 0.6 is 11.6 Å². The van der Waals surface area contributed by atoms with Crippen LogP contribution in [0.1, 0.15) is 11.4 Å². The van der Waals surface area contributed by atoms with Crippen molar-refractivity contribution in [1.29, 1.82) is 0 Å². The molecule has 156 valence electrons. The van der Waals surface area contributed by atoms with E-state index >= 15 is 0 Å². The Morgan fingerprint density at radius 3 is 2.33 bits per heavy atom. The average Bonchev–Trinajstić information content (AvgIpc) is 3.05. The number of piperazine rings is 1. The van der Waals surface area contributed by atoms with Crippen LogP contribution in [0, 0.1) is 13.8 Å². The fourth-order valence-electron chi connectivity index (χ4n) is 3.98.